The summed E-state index contributed by atoms with van der Waals surface area (Å²) in [6.45, 7) is 4.47. The topological polar surface area (TPSA) is 38.3 Å². The lowest BCUT2D eigenvalue weighted by molar-refractivity contribution is -0.144. The van der Waals surface area contributed by atoms with Gasteiger partial charge in [0.2, 0.25) is 0 Å². The number of hydrogen-bond donors (Lipinski definition) is 1. The minimum atomic E-state index is -0.324. The van der Waals surface area contributed by atoms with Crippen molar-refractivity contribution in [2.75, 3.05) is 7.11 Å². The van der Waals surface area contributed by atoms with Crippen molar-refractivity contribution in [3.8, 4) is 0 Å². The molecule has 3 nitrogen and oxygen atoms in total. The molecule has 0 aliphatic heterocycles. The van der Waals surface area contributed by atoms with Crippen LogP contribution in [0, 0.1) is 5.92 Å². The van der Waals surface area contributed by atoms with Gasteiger partial charge in [-0.2, -0.15) is 0 Å². The molecular weight excluding hydrogens is 318 g/mol. The third-order valence-electron chi connectivity index (χ3n) is 2.65. The number of esters is 1. The summed E-state index contributed by atoms with van der Waals surface area (Å²) in [5.74, 6) is -0.0927. The largest absolute Gasteiger partial charge is 0.468 e. The third kappa shape index (κ3) is 4.26. The molecule has 0 aromatic heterocycles. The lowest BCUT2D eigenvalue weighted by atomic mass is 10.0. The Morgan fingerprint density at radius 3 is 2.67 bits per heavy atom. The van der Waals surface area contributed by atoms with Crippen LogP contribution in [0.4, 0.5) is 0 Å². The van der Waals surface area contributed by atoms with Crippen molar-refractivity contribution in [1.82, 2.24) is 5.32 Å². The highest BCUT2D eigenvalue weighted by atomic mass is 79.9. The third-order valence-corrected chi connectivity index (χ3v) is 3.49. The Morgan fingerprint density at radius 1 is 1.50 bits per heavy atom. The molecule has 0 saturated heterocycles. The van der Waals surface area contributed by atoms with E-state index in [1.807, 2.05) is 32.0 Å². The van der Waals surface area contributed by atoms with E-state index in [1.54, 1.807) is 0 Å². The van der Waals surface area contributed by atoms with Gasteiger partial charge in [-0.05, 0) is 23.6 Å². The molecule has 0 bridgehead atoms. The van der Waals surface area contributed by atoms with Crippen molar-refractivity contribution in [2.24, 2.45) is 5.92 Å². The van der Waals surface area contributed by atoms with Gasteiger partial charge in [0.25, 0.3) is 0 Å². The van der Waals surface area contributed by atoms with Crippen LogP contribution >= 0.6 is 27.5 Å². The molecule has 18 heavy (non-hydrogen) atoms. The van der Waals surface area contributed by atoms with Crippen molar-refractivity contribution >= 4 is 33.5 Å². The summed E-state index contributed by atoms with van der Waals surface area (Å²) in [5, 5.41) is 3.84. The van der Waals surface area contributed by atoms with Crippen molar-refractivity contribution in [2.45, 2.75) is 26.4 Å². The fraction of sp³-hybridized carbons (Fsp3) is 0.462. The van der Waals surface area contributed by atoms with Crippen molar-refractivity contribution in [1.29, 1.82) is 0 Å². The zero-order chi connectivity index (χ0) is 13.7. The number of halogens is 2. The number of methoxy groups -OCH3 is 1. The molecule has 0 fully saturated rings. The van der Waals surface area contributed by atoms with E-state index in [-0.39, 0.29) is 17.9 Å². The second kappa shape index (κ2) is 7.12. The lowest BCUT2D eigenvalue weighted by Crippen LogP contribution is -2.41. The van der Waals surface area contributed by atoms with Crippen LogP contribution in [0.1, 0.15) is 19.4 Å². The van der Waals surface area contributed by atoms with E-state index in [0.29, 0.717) is 11.6 Å². The molecule has 0 unspecified atom stereocenters. The predicted molar refractivity (Wildman–Crippen MR) is 76.6 cm³/mol. The van der Waals surface area contributed by atoms with Gasteiger partial charge in [0, 0.05) is 16.0 Å². The Kier molecular flexibility index (Phi) is 6.12. The maximum absolute atomic E-state index is 11.6. The van der Waals surface area contributed by atoms with Crippen molar-refractivity contribution in [3.63, 3.8) is 0 Å². The molecule has 1 atom stereocenters. The molecule has 0 heterocycles. The number of rotatable bonds is 5. The SMILES string of the molecule is COC(=O)[C@@H](NCc1ccc(Br)cc1Cl)C(C)C. The molecule has 1 aromatic carbocycles. The van der Waals surface area contributed by atoms with Gasteiger partial charge in [-0.3, -0.25) is 4.79 Å². The fourth-order valence-electron chi connectivity index (χ4n) is 1.60. The molecular formula is C13H17BrClNO2. The summed E-state index contributed by atoms with van der Waals surface area (Å²) in [5.41, 5.74) is 0.953. The number of carbonyl (C=O) groups excluding carboxylic acids is 1. The van der Waals surface area contributed by atoms with Gasteiger partial charge >= 0.3 is 5.97 Å². The van der Waals surface area contributed by atoms with E-state index in [4.69, 9.17) is 16.3 Å². The average molecular weight is 335 g/mol. The number of carbonyl (C=O) groups is 1. The first-order valence-electron chi connectivity index (χ1n) is 5.70. The number of benzene rings is 1. The Morgan fingerprint density at radius 2 is 2.17 bits per heavy atom. The van der Waals surface area contributed by atoms with Gasteiger partial charge < -0.3 is 10.1 Å². The van der Waals surface area contributed by atoms with Gasteiger partial charge in [0.15, 0.2) is 0 Å². The van der Waals surface area contributed by atoms with E-state index in [2.05, 4.69) is 21.2 Å². The molecule has 1 N–H and O–H groups in total. The summed E-state index contributed by atoms with van der Waals surface area (Å²) in [4.78, 5) is 11.6. The second-order valence-electron chi connectivity index (χ2n) is 4.36. The Bertz CT molecular complexity index is 423. The monoisotopic (exact) mass is 333 g/mol. The van der Waals surface area contributed by atoms with E-state index in [0.717, 1.165) is 10.0 Å². The molecule has 0 aliphatic rings. The van der Waals surface area contributed by atoms with E-state index < -0.39 is 0 Å². The zero-order valence-corrected chi connectivity index (χ0v) is 13.0. The van der Waals surface area contributed by atoms with Crippen LogP contribution in [0.15, 0.2) is 22.7 Å². The number of hydrogen-bond acceptors (Lipinski definition) is 3. The highest BCUT2D eigenvalue weighted by Crippen LogP contribution is 2.21. The van der Waals surface area contributed by atoms with Crippen molar-refractivity contribution < 1.29 is 9.53 Å². The van der Waals surface area contributed by atoms with E-state index in [1.165, 1.54) is 7.11 Å². The summed E-state index contributed by atoms with van der Waals surface area (Å²) < 4.78 is 5.70. The minimum absolute atomic E-state index is 0.159. The molecule has 0 radical (unpaired) electrons. The molecule has 1 aromatic rings. The Hall–Kier alpha value is -0.580. The van der Waals surface area contributed by atoms with Crippen LogP contribution in [-0.2, 0) is 16.1 Å². The summed E-state index contributed by atoms with van der Waals surface area (Å²) >= 11 is 9.47. The first-order valence-corrected chi connectivity index (χ1v) is 6.88. The van der Waals surface area contributed by atoms with E-state index >= 15 is 0 Å². The van der Waals surface area contributed by atoms with Crippen LogP contribution in [0.2, 0.25) is 5.02 Å². The Labute approximate surface area is 121 Å². The van der Waals surface area contributed by atoms with Crippen LogP contribution in [0.3, 0.4) is 0 Å². The average Bonchev–Trinajstić information content (AvgIpc) is 2.31. The number of ether oxygens (including phenoxy) is 1. The first kappa shape index (κ1) is 15.5. The predicted octanol–water partition coefficient (Wildman–Crippen LogP) is 3.39. The van der Waals surface area contributed by atoms with Gasteiger partial charge in [-0.1, -0.05) is 47.4 Å². The van der Waals surface area contributed by atoms with Crippen LogP contribution in [0.5, 0.6) is 0 Å². The van der Waals surface area contributed by atoms with E-state index in [9.17, 15) is 4.79 Å². The number of nitrogens with one attached hydrogen (secondary N) is 1. The lowest BCUT2D eigenvalue weighted by Gasteiger charge is -2.20. The minimum Gasteiger partial charge on any atom is -0.468 e. The van der Waals surface area contributed by atoms with Crippen LogP contribution < -0.4 is 5.32 Å². The molecule has 0 amide bonds. The smallest absolute Gasteiger partial charge is 0.323 e. The molecule has 1 rings (SSSR count). The fourth-order valence-corrected chi connectivity index (χ4v) is 2.34. The van der Waals surface area contributed by atoms with Crippen molar-refractivity contribution in [3.05, 3.63) is 33.3 Å². The molecule has 0 saturated carbocycles. The summed E-state index contributed by atoms with van der Waals surface area (Å²) in [7, 11) is 1.39. The quantitative estimate of drug-likeness (QED) is 0.839. The van der Waals surface area contributed by atoms with Gasteiger partial charge in [0.1, 0.15) is 6.04 Å². The highest BCUT2D eigenvalue weighted by molar-refractivity contribution is 9.10. The van der Waals surface area contributed by atoms with Crippen LogP contribution in [0.25, 0.3) is 0 Å². The van der Waals surface area contributed by atoms with Gasteiger partial charge in [-0.25, -0.2) is 0 Å². The first-order chi connectivity index (χ1) is 8.45. The molecule has 5 heteroatoms. The normalized spacial score (nSPS) is 12.6. The zero-order valence-electron chi connectivity index (χ0n) is 10.7. The maximum Gasteiger partial charge on any atom is 0.323 e. The second-order valence-corrected chi connectivity index (χ2v) is 5.68. The van der Waals surface area contributed by atoms with Gasteiger partial charge in [0.05, 0.1) is 7.11 Å². The standard InChI is InChI=1S/C13H17BrClNO2/c1-8(2)12(13(17)18-3)16-7-9-4-5-10(14)6-11(9)15/h4-6,8,12,16H,7H2,1-3H3/t12-/m0/s1. The Balaban J connectivity index is 2.70. The molecule has 100 valence electrons. The van der Waals surface area contributed by atoms with Gasteiger partial charge in [-0.15, -0.1) is 0 Å². The summed E-state index contributed by atoms with van der Waals surface area (Å²) in [6, 6.07) is 5.36. The summed E-state index contributed by atoms with van der Waals surface area (Å²) in [6.07, 6.45) is 0. The maximum atomic E-state index is 11.6. The highest BCUT2D eigenvalue weighted by Gasteiger charge is 2.22. The molecule has 0 spiro atoms. The van der Waals surface area contributed by atoms with Crippen LogP contribution in [-0.4, -0.2) is 19.1 Å². The molecule has 0 aliphatic carbocycles.